The van der Waals surface area contributed by atoms with Crippen molar-refractivity contribution in [3.8, 4) is 0 Å². The van der Waals surface area contributed by atoms with E-state index in [1.165, 1.54) is 0 Å². The number of anilines is 1. The molecule has 1 aromatic heterocycles. The van der Waals surface area contributed by atoms with Gasteiger partial charge in [0.15, 0.2) is 0 Å². The third-order valence-corrected chi connectivity index (χ3v) is 4.87. The molecule has 3 N–H and O–H groups in total. The topological polar surface area (TPSA) is 80.5 Å². The number of aryl methyl sites for hydroxylation is 1. The number of nitrogens with one attached hydrogen (secondary N) is 1. The quantitative estimate of drug-likeness (QED) is 0.868. The third kappa shape index (κ3) is 3.82. The van der Waals surface area contributed by atoms with Gasteiger partial charge in [0.05, 0.1) is 5.54 Å². The van der Waals surface area contributed by atoms with Crippen LogP contribution >= 0.6 is 0 Å². The maximum Gasteiger partial charge on any atom is 0.240 e. The van der Waals surface area contributed by atoms with Crippen molar-refractivity contribution in [3.63, 3.8) is 0 Å². The Balaban J connectivity index is 1.52. The molecule has 2 aliphatic rings. The van der Waals surface area contributed by atoms with Crippen LogP contribution in [0.2, 0.25) is 0 Å². The van der Waals surface area contributed by atoms with Crippen molar-refractivity contribution in [2.24, 2.45) is 5.73 Å². The number of nitrogens with zero attached hydrogens (tertiary/aromatic N) is 2. The number of carbonyl (C=O) groups excluding carboxylic acids is 1. The predicted octanol–water partition coefficient (Wildman–Crippen LogP) is 0.983. The normalized spacial score (nSPS) is 21.9. The van der Waals surface area contributed by atoms with Crippen LogP contribution in [0.15, 0.2) is 18.2 Å². The van der Waals surface area contributed by atoms with Crippen LogP contribution in [0, 0.1) is 6.92 Å². The van der Waals surface area contributed by atoms with Crippen molar-refractivity contribution in [2.75, 3.05) is 31.2 Å². The SMILES string of the molecule is Cc1cccc(N2CCC(NC(=O)C3(N)CCOCC3)CC2)n1. The van der Waals surface area contributed by atoms with Gasteiger partial charge in [0, 0.05) is 38.0 Å². The average molecular weight is 318 g/mol. The molecule has 6 heteroatoms. The molecule has 0 unspecified atom stereocenters. The molecule has 2 saturated heterocycles. The lowest BCUT2D eigenvalue weighted by atomic mass is 9.89. The molecule has 3 rings (SSSR count). The monoisotopic (exact) mass is 318 g/mol. The van der Waals surface area contributed by atoms with Gasteiger partial charge in [-0.05, 0) is 44.7 Å². The second-order valence-electron chi connectivity index (χ2n) is 6.64. The fourth-order valence-electron chi connectivity index (χ4n) is 3.25. The highest BCUT2D eigenvalue weighted by molar-refractivity contribution is 5.86. The van der Waals surface area contributed by atoms with E-state index in [-0.39, 0.29) is 11.9 Å². The molecule has 0 radical (unpaired) electrons. The Kier molecular flexibility index (Phi) is 4.82. The third-order valence-electron chi connectivity index (χ3n) is 4.87. The molecule has 2 fully saturated rings. The second kappa shape index (κ2) is 6.84. The van der Waals surface area contributed by atoms with E-state index in [1.807, 2.05) is 25.1 Å². The zero-order valence-electron chi connectivity index (χ0n) is 13.8. The summed E-state index contributed by atoms with van der Waals surface area (Å²) in [6.07, 6.45) is 3.05. The van der Waals surface area contributed by atoms with Gasteiger partial charge < -0.3 is 20.7 Å². The van der Waals surface area contributed by atoms with E-state index < -0.39 is 5.54 Å². The van der Waals surface area contributed by atoms with Crippen LogP contribution in [0.5, 0.6) is 0 Å². The molecule has 0 aromatic carbocycles. The van der Waals surface area contributed by atoms with Crippen LogP contribution in [0.1, 0.15) is 31.4 Å². The zero-order chi connectivity index (χ0) is 16.3. The van der Waals surface area contributed by atoms with E-state index in [2.05, 4.69) is 15.2 Å². The Morgan fingerprint density at radius 2 is 2.04 bits per heavy atom. The standard InChI is InChI=1S/C17H26N4O2/c1-13-3-2-4-15(19-13)21-9-5-14(6-10-21)20-16(22)17(18)7-11-23-12-8-17/h2-4,14H,5-12,18H2,1H3,(H,20,22). The summed E-state index contributed by atoms with van der Waals surface area (Å²) in [4.78, 5) is 19.3. The number of amides is 1. The molecule has 126 valence electrons. The van der Waals surface area contributed by atoms with Gasteiger partial charge in [-0.2, -0.15) is 0 Å². The minimum atomic E-state index is -0.756. The van der Waals surface area contributed by atoms with Crippen molar-refractivity contribution in [1.29, 1.82) is 0 Å². The Labute approximate surface area is 137 Å². The molecule has 23 heavy (non-hydrogen) atoms. The minimum absolute atomic E-state index is 0.0204. The van der Waals surface area contributed by atoms with Gasteiger partial charge in [-0.1, -0.05) is 6.07 Å². The Bertz CT molecular complexity index is 549. The Morgan fingerprint density at radius 1 is 1.35 bits per heavy atom. The van der Waals surface area contributed by atoms with Gasteiger partial charge in [-0.3, -0.25) is 4.79 Å². The fraction of sp³-hybridized carbons (Fsp3) is 0.647. The molecule has 0 saturated carbocycles. The van der Waals surface area contributed by atoms with Crippen molar-refractivity contribution >= 4 is 11.7 Å². The number of ether oxygens (including phenoxy) is 1. The number of hydrogen-bond donors (Lipinski definition) is 2. The summed E-state index contributed by atoms with van der Waals surface area (Å²) in [5.41, 5.74) is 6.52. The summed E-state index contributed by atoms with van der Waals surface area (Å²) in [5, 5.41) is 3.15. The minimum Gasteiger partial charge on any atom is -0.381 e. The van der Waals surface area contributed by atoms with Gasteiger partial charge in [-0.15, -0.1) is 0 Å². The molecule has 2 aliphatic heterocycles. The van der Waals surface area contributed by atoms with Gasteiger partial charge in [0.2, 0.25) is 5.91 Å². The smallest absolute Gasteiger partial charge is 0.240 e. The van der Waals surface area contributed by atoms with E-state index in [0.717, 1.165) is 37.4 Å². The maximum atomic E-state index is 12.5. The first-order valence-corrected chi connectivity index (χ1v) is 8.43. The molecule has 3 heterocycles. The molecular weight excluding hydrogens is 292 g/mol. The number of hydrogen-bond acceptors (Lipinski definition) is 5. The van der Waals surface area contributed by atoms with Crippen LogP contribution in [-0.4, -0.2) is 48.8 Å². The number of nitrogens with two attached hydrogens (primary N) is 1. The molecule has 0 atom stereocenters. The molecule has 0 spiro atoms. The molecule has 0 bridgehead atoms. The van der Waals surface area contributed by atoms with Crippen molar-refractivity contribution in [3.05, 3.63) is 23.9 Å². The maximum absolute atomic E-state index is 12.5. The van der Waals surface area contributed by atoms with E-state index in [1.54, 1.807) is 0 Å². The largest absolute Gasteiger partial charge is 0.381 e. The van der Waals surface area contributed by atoms with E-state index in [0.29, 0.717) is 26.1 Å². The van der Waals surface area contributed by atoms with Gasteiger partial charge >= 0.3 is 0 Å². The van der Waals surface area contributed by atoms with Crippen molar-refractivity contribution in [1.82, 2.24) is 10.3 Å². The molecule has 0 aliphatic carbocycles. The molecule has 1 amide bonds. The van der Waals surface area contributed by atoms with Crippen LogP contribution in [-0.2, 0) is 9.53 Å². The summed E-state index contributed by atoms with van der Waals surface area (Å²) in [6, 6.07) is 6.29. The number of pyridine rings is 1. The van der Waals surface area contributed by atoms with Crippen LogP contribution in [0.4, 0.5) is 5.82 Å². The first kappa shape index (κ1) is 16.2. The van der Waals surface area contributed by atoms with Gasteiger partial charge in [-0.25, -0.2) is 4.98 Å². The predicted molar refractivity (Wildman–Crippen MR) is 89.3 cm³/mol. The van der Waals surface area contributed by atoms with Gasteiger partial charge in [0.1, 0.15) is 5.82 Å². The lowest BCUT2D eigenvalue weighted by Crippen LogP contribution is -2.59. The van der Waals surface area contributed by atoms with Gasteiger partial charge in [0.25, 0.3) is 0 Å². The molecular formula is C17H26N4O2. The first-order valence-electron chi connectivity index (χ1n) is 8.43. The number of piperidine rings is 1. The van der Waals surface area contributed by atoms with E-state index in [9.17, 15) is 4.79 Å². The van der Waals surface area contributed by atoms with Crippen molar-refractivity contribution < 1.29 is 9.53 Å². The average Bonchev–Trinajstić information content (AvgIpc) is 2.56. The van der Waals surface area contributed by atoms with E-state index in [4.69, 9.17) is 10.5 Å². The van der Waals surface area contributed by atoms with Crippen LogP contribution < -0.4 is 16.0 Å². The Morgan fingerprint density at radius 3 is 2.70 bits per heavy atom. The first-order chi connectivity index (χ1) is 11.1. The summed E-state index contributed by atoms with van der Waals surface area (Å²) in [6.45, 7) is 4.96. The Hall–Kier alpha value is -1.66. The molecule has 6 nitrogen and oxygen atoms in total. The number of rotatable bonds is 3. The highest BCUT2D eigenvalue weighted by Gasteiger charge is 2.37. The second-order valence-corrected chi connectivity index (χ2v) is 6.64. The highest BCUT2D eigenvalue weighted by Crippen LogP contribution is 2.21. The summed E-state index contributed by atoms with van der Waals surface area (Å²) < 4.78 is 5.30. The lowest BCUT2D eigenvalue weighted by Gasteiger charge is -2.37. The zero-order valence-corrected chi connectivity index (χ0v) is 13.8. The molecule has 1 aromatic rings. The number of carbonyl (C=O) groups is 1. The highest BCUT2D eigenvalue weighted by atomic mass is 16.5. The number of aromatic nitrogens is 1. The lowest BCUT2D eigenvalue weighted by molar-refractivity contribution is -0.130. The summed E-state index contributed by atoms with van der Waals surface area (Å²) in [5.74, 6) is 1.00. The summed E-state index contributed by atoms with van der Waals surface area (Å²) in [7, 11) is 0. The van der Waals surface area contributed by atoms with E-state index >= 15 is 0 Å². The summed E-state index contributed by atoms with van der Waals surface area (Å²) >= 11 is 0. The van der Waals surface area contributed by atoms with Crippen molar-refractivity contribution in [2.45, 2.75) is 44.2 Å². The van der Waals surface area contributed by atoms with Crippen LogP contribution in [0.25, 0.3) is 0 Å². The van der Waals surface area contributed by atoms with Crippen LogP contribution in [0.3, 0.4) is 0 Å². The fourth-order valence-corrected chi connectivity index (χ4v) is 3.25.